The summed E-state index contributed by atoms with van der Waals surface area (Å²) in [6.07, 6.45) is -0.249. The number of morpholine rings is 1. The van der Waals surface area contributed by atoms with E-state index in [0.29, 0.717) is 35.5 Å². The van der Waals surface area contributed by atoms with E-state index in [4.69, 9.17) is 10.00 Å². The number of ketones is 1. The molecule has 2 heterocycles. The standard InChI is InChI=1S/C19H18FN3O2/c1-12-14(10-21)3-5-17(23-12)18(24)9-13-2-4-15(16(20)8-13)19-11-22-6-7-25-19/h2-5,8,19,22H,6-7,9,11H2,1H3/t19-/m1/s1. The predicted octanol–water partition coefficient (Wildman–Crippen LogP) is 2.49. The highest BCUT2D eigenvalue weighted by molar-refractivity contribution is 5.95. The van der Waals surface area contributed by atoms with Crippen LogP contribution in [0.1, 0.15) is 39.0 Å². The van der Waals surface area contributed by atoms with Crippen LogP contribution in [0.3, 0.4) is 0 Å². The van der Waals surface area contributed by atoms with Crippen molar-refractivity contribution < 1.29 is 13.9 Å². The first kappa shape index (κ1) is 17.2. The lowest BCUT2D eigenvalue weighted by Crippen LogP contribution is -2.33. The summed E-state index contributed by atoms with van der Waals surface area (Å²) >= 11 is 0. The fourth-order valence-corrected chi connectivity index (χ4v) is 2.82. The molecule has 6 heteroatoms. The summed E-state index contributed by atoms with van der Waals surface area (Å²) in [5, 5.41) is 12.1. The first-order valence-electron chi connectivity index (χ1n) is 8.10. The van der Waals surface area contributed by atoms with Gasteiger partial charge in [-0.05, 0) is 30.7 Å². The molecule has 1 N–H and O–H groups in total. The maximum absolute atomic E-state index is 14.4. The predicted molar refractivity (Wildman–Crippen MR) is 89.7 cm³/mol. The molecule has 2 aromatic rings. The monoisotopic (exact) mass is 339 g/mol. The minimum absolute atomic E-state index is 0.0549. The van der Waals surface area contributed by atoms with Gasteiger partial charge in [0.05, 0.1) is 24.0 Å². The molecule has 0 amide bonds. The number of rotatable bonds is 4. The van der Waals surface area contributed by atoms with Crippen LogP contribution in [-0.2, 0) is 11.2 Å². The molecule has 0 aliphatic carbocycles. The Balaban J connectivity index is 1.74. The van der Waals surface area contributed by atoms with Crippen LogP contribution in [-0.4, -0.2) is 30.5 Å². The Labute approximate surface area is 145 Å². The SMILES string of the molecule is Cc1nc(C(=O)Cc2ccc([C@H]3CNCCO3)c(F)c2)ccc1C#N. The van der Waals surface area contributed by atoms with Gasteiger partial charge in [-0.2, -0.15) is 5.26 Å². The van der Waals surface area contributed by atoms with Crippen LogP contribution in [0.2, 0.25) is 0 Å². The van der Waals surface area contributed by atoms with E-state index in [1.165, 1.54) is 12.1 Å². The summed E-state index contributed by atoms with van der Waals surface area (Å²) < 4.78 is 19.9. The van der Waals surface area contributed by atoms with Crippen molar-refractivity contribution in [2.24, 2.45) is 0 Å². The van der Waals surface area contributed by atoms with Crippen LogP contribution in [0.25, 0.3) is 0 Å². The van der Waals surface area contributed by atoms with Crippen LogP contribution in [0, 0.1) is 24.1 Å². The lowest BCUT2D eigenvalue weighted by atomic mass is 10.0. The minimum Gasteiger partial charge on any atom is -0.371 e. The molecule has 0 radical (unpaired) electrons. The van der Waals surface area contributed by atoms with Gasteiger partial charge < -0.3 is 10.1 Å². The first-order valence-corrected chi connectivity index (χ1v) is 8.10. The number of benzene rings is 1. The molecule has 5 nitrogen and oxygen atoms in total. The summed E-state index contributed by atoms with van der Waals surface area (Å²) in [5.74, 6) is -0.585. The molecule has 1 saturated heterocycles. The number of hydrogen-bond donors (Lipinski definition) is 1. The van der Waals surface area contributed by atoms with Crippen LogP contribution in [0.4, 0.5) is 4.39 Å². The lowest BCUT2D eigenvalue weighted by molar-refractivity contribution is 0.0255. The number of nitriles is 1. The zero-order chi connectivity index (χ0) is 17.8. The van der Waals surface area contributed by atoms with E-state index in [1.54, 1.807) is 25.1 Å². The van der Waals surface area contributed by atoms with Crippen molar-refractivity contribution in [1.29, 1.82) is 5.26 Å². The maximum Gasteiger partial charge on any atom is 0.185 e. The van der Waals surface area contributed by atoms with Crippen LogP contribution >= 0.6 is 0 Å². The zero-order valence-corrected chi connectivity index (χ0v) is 13.9. The molecule has 0 unspecified atom stereocenters. The van der Waals surface area contributed by atoms with Crippen molar-refractivity contribution in [1.82, 2.24) is 10.3 Å². The molecule has 1 atom stereocenters. The van der Waals surface area contributed by atoms with E-state index in [1.807, 2.05) is 6.07 Å². The highest BCUT2D eigenvalue weighted by Gasteiger charge is 2.20. The second kappa shape index (κ2) is 7.51. The van der Waals surface area contributed by atoms with Crippen LogP contribution in [0.5, 0.6) is 0 Å². The number of nitrogens with zero attached hydrogens (tertiary/aromatic N) is 2. The third-order valence-electron chi connectivity index (χ3n) is 4.20. The van der Waals surface area contributed by atoms with Crippen molar-refractivity contribution in [3.05, 3.63) is 64.2 Å². The molecule has 1 aromatic heterocycles. The summed E-state index contributed by atoms with van der Waals surface area (Å²) in [7, 11) is 0. The number of aromatic nitrogens is 1. The van der Waals surface area contributed by atoms with Gasteiger partial charge in [0.1, 0.15) is 17.6 Å². The van der Waals surface area contributed by atoms with Gasteiger partial charge in [0.25, 0.3) is 0 Å². The van der Waals surface area contributed by atoms with E-state index in [2.05, 4.69) is 10.3 Å². The van der Waals surface area contributed by atoms with Gasteiger partial charge >= 0.3 is 0 Å². The second-order valence-corrected chi connectivity index (χ2v) is 5.96. The fourth-order valence-electron chi connectivity index (χ4n) is 2.82. The minimum atomic E-state index is -0.372. The van der Waals surface area contributed by atoms with Gasteiger partial charge in [0.2, 0.25) is 0 Å². The number of halogens is 1. The highest BCUT2D eigenvalue weighted by Crippen LogP contribution is 2.23. The van der Waals surface area contributed by atoms with Gasteiger partial charge in [-0.1, -0.05) is 12.1 Å². The van der Waals surface area contributed by atoms with E-state index in [-0.39, 0.29) is 29.8 Å². The average Bonchev–Trinajstić information content (AvgIpc) is 2.62. The molecular weight excluding hydrogens is 321 g/mol. The number of aryl methyl sites for hydroxylation is 1. The summed E-state index contributed by atoms with van der Waals surface area (Å²) in [6.45, 7) is 3.57. The normalized spacial score (nSPS) is 17.1. The Kier molecular flexibility index (Phi) is 5.17. The molecule has 1 fully saturated rings. The number of nitrogens with one attached hydrogen (secondary N) is 1. The lowest BCUT2D eigenvalue weighted by Gasteiger charge is -2.24. The van der Waals surface area contributed by atoms with Gasteiger partial charge in [-0.3, -0.25) is 4.79 Å². The Morgan fingerprint density at radius 3 is 2.92 bits per heavy atom. The zero-order valence-electron chi connectivity index (χ0n) is 13.9. The van der Waals surface area contributed by atoms with Gasteiger partial charge in [0, 0.05) is 25.1 Å². The summed E-state index contributed by atoms with van der Waals surface area (Å²) in [4.78, 5) is 16.5. The molecule has 1 aromatic carbocycles. The van der Waals surface area contributed by atoms with Gasteiger partial charge in [0.15, 0.2) is 5.78 Å². The average molecular weight is 339 g/mol. The molecule has 0 spiro atoms. The third kappa shape index (κ3) is 3.90. The summed E-state index contributed by atoms with van der Waals surface area (Å²) in [5.41, 5.74) is 2.31. The Morgan fingerprint density at radius 2 is 2.28 bits per heavy atom. The fraction of sp³-hybridized carbons (Fsp3) is 0.316. The van der Waals surface area contributed by atoms with Crippen molar-refractivity contribution in [2.45, 2.75) is 19.4 Å². The van der Waals surface area contributed by atoms with E-state index < -0.39 is 0 Å². The quantitative estimate of drug-likeness (QED) is 0.866. The molecule has 3 rings (SSSR count). The van der Waals surface area contributed by atoms with Gasteiger partial charge in [-0.15, -0.1) is 0 Å². The Bertz CT molecular complexity index is 839. The molecule has 0 bridgehead atoms. The molecule has 1 aliphatic rings. The van der Waals surface area contributed by atoms with E-state index in [0.717, 1.165) is 6.54 Å². The third-order valence-corrected chi connectivity index (χ3v) is 4.20. The largest absolute Gasteiger partial charge is 0.371 e. The van der Waals surface area contributed by atoms with Crippen LogP contribution in [0.15, 0.2) is 30.3 Å². The molecule has 0 saturated carbocycles. The molecular formula is C19H18FN3O2. The number of carbonyl (C=O) groups excluding carboxylic acids is 1. The Hall–Kier alpha value is -2.62. The number of carbonyl (C=O) groups is 1. The number of ether oxygens (including phenoxy) is 1. The van der Waals surface area contributed by atoms with Gasteiger partial charge in [-0.25, -0.2) is 9.37 Å². The second-order valence-electron chi connectivity index (χ2n) is 5.96. The van der Waals surface area contributed by atoms with Crippen LogP contribution < -0.4 is 5.32 Å². The number of pyridine rings is 1. The van der Waals surface area contributed by atoms with Crippen molar-refractivity contribution in [2.75, 3.05) is 19.7 Å². The molecule has 128 valence electrons. The van der Waals surface area contributed by atoms with Crippen molar-refractivity contribution in [3.63, 3.8) is 0 Å². The topological polar surface area (TPSA) is 75.0 Å². The van der Waals surface area contributed by atoms with Crippen molar-refractivity contribution in [3.8, 4) is 6.07 Å². The van der Waals surface area contributed by atoms with Crippen molar-refractivity contribution >= 4 is 5.78 Å². The first-order chi connectivity index (χ1) is 12.1. The molecule has 1 aliphatic heterocycles. The highest BCUT2D eigenvalue weighted by atomic mass is 19.1. The number of Topliss-reactive ketones (excluding diaryl/α,β-unsaturated/α-hetero) is 1. The summed E-state index contributed by atoms with van der Waals surface area (Å²) in [6, 6.07) is 9.91. The number of hydrogen-bond acceptors (Lipinski definition) is 5. The molecule has 25 heavy (non-hydrogen) atoms. The Morgan fingerprint density at radius 1 is 1.44 bits per heavy atom. The van der Waals surface area contributed by atoms with E-state index >= 15 is 0 Å². The van der Waals surface area contributed by atoms with E-state index in [9.17, 15) is 9.18 Å². The smallest absolute Gasteiger partial charge is 0.185 e. The maximum atomic E-state index is 14.4.